The molecule has 0 saturated carbocycles. The molecule has 0 bridgehead atoms. The molecule has 0 heterocycles. The molecular formula is C11H15ClFNS. The highest BCUT2D eigenvalue weighted by molar-refractivity contribution is 7.99. The molecule has 0 radical (unpaired) electrons. The lowest BCUT2D eigenvalue weighted by atomic mass is 10.3. The van der Waals surface area contributed by atoms with E-state index in [9.17, 15) is 4.39 Å². The first-order valence-corrected chi connectivity index (χ1v) is 6.54. The van der Waals surface area contributed by atoms with Crippen LogP contribution >= 0.6 is 23.4 Å². The van der Waals surface area contributed by atoms with Crippen LogP contribution in [-0.2, 0) is 0 Å². The number of anilines is 1. The van der Waals surface area contributed by atoms with E-state index in [4.69, 9.17) is 11.6 Å². The third kappa shape index (κ3) is 4.76. The number of halogens is 2. The van der Waals surface area contributed by atoms with E-state index in [1.54, 1.807) is 12.1 Å². The van der Waals surface area contributed by atoms with Gasteiger partial charge in [-0.2, -0.15) is 11.8 Å². The minimum absolute atomic E-state index is 0.286. The van der Waals surface area contributed by atoms with E-state index in [1.807, 2.05) is 11.8 Å². The largest absolute Gasteiger partial charge is 0.383 e. The van der Waals surface area contributed by atoms with Crippen LogP contribution in [0.5, 0.6) is 0 Å². The van der Waals surface area contributed by atoms with Gasteiger partial charge in [0.15, 0.2) is 0 Å². The van der Waals surface area contributed by atoms with Crippen LogP contribution in [0.25, 0.3) is 0 Å². The molecular weight excluding hydrogens is 233 g/mol. The summed E-state index contributed by atoms with van der Waals surface area (Å²) in [7, 11) is 0. The molecule has 0 saturated heterocycles. The van der Waals surface area contributed by atoms with Crippen molar-refractivity contribution in [2.24, 2.45) is 0 Å². The van der Waals surface area contributed by atoms with Crippen LogP contribution in [0.4, 0.5) is 10.1 Å². The Labute approximate surface area is 99.4 Å². The molecule has 0 aliphatic rings. The Kier molecular flexibility index (Phi) is 5.88. The van der Waals surface area contributed by atoms with E-state index in [0.29, 0.717) is 10.7 Å². The molecule has 0 aromatic heterocycles. The molecule has 0 spiro atoms. The number of benzene rings is 1. The van der Waals surface area contributed by atoms with Gasteiger partial charge >= 0.3 is 0 Å². The van der Waals surface area contributed by atoms with Gasteiger partial charge in [0.25, 0.3) is 0 Å². The summed E-state index contributed by atoms with van der Waals surface area (Å²) in [5, 5.41) is 3.48. The van der Waals surface area contributed by atoms with Gasteiger partial charge in [-0.25, -0.2) is 4.39 Å². The monoisotopic (exact) mass is 247 g/mol. The van der Waals surface area contributed by atoms with Gasteiger partial charge in [0.1, 0.15) is 5.82 Å². The van der Waals surface area contributed by atoms with Crippen molar-refractivity contribution >= 4 is 29.1 Å². The molecule has 0 fully saturated rings. The number of rotatable bonds is 6. The van der Waals surface area contributed by atoms with Gasteiger partial charge in [-0.1, -0.05) is 18.5 Å². The Balaban J connectivity index is 2.31. The summed E-state index contributed by atoms with van der Waals surface area (Å²) >= 11 is 7.54. The van der Waals surface area contributed by atoms with E-state index >= 15 is 0 Å². The lowest BCUT2D eigenvalue weighted by Crippen LogP contribution is -2.04. The fraction of sp³-hybridized carbons (Fsp3) is 0.455. The van der Waals surface area contributed by atoms with Gasteiger partial charge in [-0.05, 0) is 36.1 Å². The third-order valence-electron chi connectivity index (χ3n) is 1.92. The first-order valence-electron chi connectivity index (χ1n) is 5.00. The zero-order valence-corrected chi connectivity index (χ0v) is 10.3. The normalized spacial score (nSPS) is 10.3. The summed E-state index contributed by atoms with van der Waals surface area (Å²) in [4.78, 5) is 0. The smallest absolute Gasteiger partial charge is 0.147 e. The van der Waals surface area contributed by atoms with Crippen molar-refractivity contribution in [3.63, 3.8) is 0 Å². The standard InChI is InChI=1S/C11H15ClFNS/c1-2-15-7-3-6-14-11-5-4-9(12)8-10(11)13/h4-5,8,14H,2-3,6-7H2,1H3. The van der Waals surface area contributed by atoms with Gasteiger partial charge in [-0.15, -0.1) is 0 Å². The minimum Gasteiger partial charge on any atom is -0.383 e. The van der Waals surface area contributed by atoms with Crippen LogP contribution in [0, 0.1) is 5.82 Å². The van der Waals surface area contributed by atoms with Gasteiger partial charge in [0, 0.05) is 11.6 Å². The molecule has 15 heavy (non-hydrogen) atoms. The zero-order valence-electron chi connectivity index (χ0n) is 8.72. The Bertz CT molecular complexity index is 307. The van der Waals surface area contributed by atoms with Crippen molar-refractivity contribution in [1.82, 2.24) is 0 Å². The van der Waals surface area contributed by atoms with Gasteiger partial charge < -0.3 is 5.32 Å². The van der Waals surface area contributed by atoms with Gasteiger partial charge in [0.2, 0.25) is 0 Å². The fourth-order valence-electron chi connectivity index (χ4n) is 1.17. The van der Waals surface area contributed by atoms with Crippen molar-refractivity contribution in [2.75, 3.05) is 23.4 Å². The number of nitrogens with one attached hydrogen (secondary N) is 1. The molecule has 0 unspecified atom stereocenters. The highest BCUT2D eigenvalue weighted by atomic mass is 35.5. The van der Waals surface area contributed by atoms with Crippen molar-refractivity contribution < 1.29 is 4.39 Å². The maximum Gasteiger partial charge on any atom is 0.147 e. The molecule has 1 nitrogen and oxygen atoms in total. The molecule has 0 aliphatic heterocycles. The second-order valence-corrected chi connectivity index (χ2v) is 4.93. The predicted octanol–water partition coefficient (Wildman–Crippen LogP) is 4.03. The Morgan fingerprint density at radius 1 is 1.47 bits per heavy atom. The average Bonchev–Trinajstić information content (AvgIpc) is 2.20. The first kappa shape index (κ1) is 12.7. The van der Waals surface area contributed by atoms with Crippen molar-refractivity contribution in [3.8, 4) is 0 Å². The Morgan fingerprint density at radius 3 is 2.93 bits per heavy atom. The van der Waals surface area contributed by atoms with Crippen LogP contribution in [-0.4, -0.2) is 18.1 Å². The fourth-order valence-corrected chi connectivity index (χ4v) is 1.97. The first-order chi connectivity index (χ1) is 7.24. The second-order valence-electron chi connectivity index (χ2n) is 3.10. The lowest BCUT2D eigenvalue weighted by Gasteiger charge is -2.07. The molecule has 4 heteroatoms. The maximum atomic E-state index is 13.3. The molecule has 1 rings (SSSR count). The Morgan fingerprint density at radius 2 is 2.27 bits per heavy atom. The summed E-state index contributed by atoms with van der Waals surface area (Å²) in [5.41, 5.74) is 0.529. The zero-order chi connectivity index (χ0) is 11.1. The minimum atomic E-state index is -0.286. The molecule has 1 aromatic rings. The highest BCUT2D eigenvalue weighted by Gasteiger charge is 2.01. The summed E-state index contributed by atoms with van der Waals surface area (Å²) in [5.74, 6) is 1.96. The summed E-state index contributed by atoms with van der Waals surface area (Å²) in [6.45, 7) is 2.93. The summed E-state index contributed by atoms with van der Waals surface area (Å²) in [6, 6.07) is 4.68. The predicted molar refractivity (Wildman–Crippen MR) is 67.5 cm³/mol. The van der Waals surface area contributed by atoms with Crippen LogP contribution in [0.15, 0.2) is 18.2 Å². The van der Waals surface area contributed by atoms with E-state index in [2.05, 4.69) is 12.2 Å². The van der Waals surface area contributed by atoms with Crippen LogP contribution < -0.4 is 5.32 Å². The quantitative estimate of drug-likeness (QED) is 0.762. The van der Waals surface area contributed by atoms with Crippen LogP contribution in [0.3, 0.4) is 0 Å². The third-order valence-corrected chi connectivity index (χ3v) is 3.14. The molecule has 0 amide bonds. The van der Waals surface area contributed by atoms with E-state index in [1.165, 1.54) is 6.07 Å². The van der Waals surface area contributed by atoms with E-state index < -0.39 is 0 Å². The SMILES string of the molecule is CCSCCCNc1ccc(Cl)cc1F. The van der Waals surface area contributed by atoms with Crippen molar-refractivity contribution in [1.29, 1.82) is 0 Å². The molecule has 1 N–H and O–H groups in total. The van der Waals surface area contributed by atoms with E-state index in [-0.39, 0.29) is 5.82 Å². The topological polar surface area (TPSA) is 12.0 Å². The van der Waals surface area contributed by atoms with Crippen molar-refractivity contribution in [3.05, 3.63) is 29.0 Å². The van der Waals surface area contributed by atoms with E-state index in [0.717, 1.165) is 24.5 Å². The maximum absolute atomic E-state index is 13.3. The van der Waals surface area contributed by atoms with Gasteiger partial charge in [0.05, 0.1) is 5.69 Å². The van der Waals surface area contributed by atoms with Gasteiger partial charge in [-0.3, -0.25) is 0 Å². The molecule has 0 aliphatic carbocycles. The molecule has 0 atom stereocenters. The number of thioether (sulfide) groups is 1. The summed E-state index contributed by atoms with van der Waals surface area (Å²) in [6.07, 6.45) is 1.04. The highest BCUT2D eigenvalue weighted by Crippen LogP contribution is 2.18. The molecule has 1 aromatic carbocycles. The lowest BCUT2D eigenvalue weighted by molar-refractivity contribution is 0.630. The number of hydrogen-bond acceptors (Lipinski definition) is 2. The van der Waals surface area contributed by atoms with Crippen molar-refractivity contribution in [2.45, 2.75) is 13.3 Å². The van der Waals surface area contributed by atoms with Crippen LogP contribution in [0.1, 0.15) is 13.3 Å². The second kappa shape index (κ2) is 6.96. The molecule has 84 valence electrons. The average molecular weight is 248 g/mol. The number of hydrogen-bond donors (Lipinski definition) is 1. The Hall–Kier alpha value is -0.410. The summed E-state index contributed by atoms with van der Waals surface area (Å²) < 4.78 is 13.3. The van der Waals surface area contributed by atoms with Crippen LogP contribution in [0.2, 0.25) is 5.02 Å².